The molecule has 1 aliphatic carbocycles. The summed E-state index contributed by atoms with van der Waals surface area (Å²) in [5.74, 6) is 1.53. The van der Waals surface area contributed by atoms with E-state index in [1.54, 1.807) is 0 Å². The predicted molar refractivity (Wildman–Crippen MR) is 89.5 cm³/mol. The zero-order chi connectivity index (χ0) is 15.5. The number of alkyl halides is 1. The van der Waals surface area contributed by atoms with Crippen LogP contribution in [0.25, 0.3) is 0 Å². The van der Waals surface area contributed by atoms with Crippen molar-refractivity contribution in [2.24, 2.45) is 17.3 Å². The van der Waals surface area contributed by atoms with E-state index < -0.39 is 0 Å². The van der Waals surface area contributed by atoms with E-state index in [2.05, 4.69) is 26.1 Å². The highest BCUT2D eigenvalue weighted by Crippen LogP contribution is 2.40. The normalized spacial score (nSPS) is 22.9. The maximum atomic E-state index is 12.4. The van der Waals surface area contributed by atoms with Crippen molar-refractivity contribution in [1.29, 1.82) is 0 Å². The molecule has 0 atom stereocenters. The molecule has 1 aromatic carbocycles. The van der Waals surface area contributed by atoms with Crippen LogP contribution in [-0.4, -0.2) is 5.91 Å². The van der Waals surface area contributed by atoms with E-state index in [0.29, 0.717) is 11.3 Å². The van der Waals surface area contributed by atoms with Crippen molar-refractivity contribution < 1.29 is 4.79 Å². The summed E-state index contributed by atoms with van der Waals surface area (Å²) in [6.07, 6.45) is 4.32. The number of benzene rings is 1. The minimum absolute atomic E-state index is 0.156. The molecule has 1 fully saturated rings. The highest BCUT2D eigenvalue weighted by Gasteiger charge is 2.32. The standard InChI is InChI=1S/C18H26ClNO/c1-18(2,3)15-9-7-14(8-10-15)17(21)20-16-6-4-5-13(11-16)12-19/h4-6,11,14-15H,7-10,12H2,1-3H3,(H,20,21). The van der Waals surface area contributed by atoms with E-state index in [4.69, 9.17) is 11.6 Å². The maximum absolute atomic E-state index is 12.4. The Kier molecular flexibility index (Phi) is 5.32. The summed E-state index contributed by atoms with van der Waals surface area (Å²) < 4.78 is 0. The van der Waals surface area contributed by atoms with Gasteiger partial charge in [-0.05, 0) is 54.7 Å². The summed E-state index contributed by atoms with van der Waals surface area (Å²) >= 11 is 5.83. The molecule has 3 heteroatoms. The van der Waals surface area contributed by atoms with Crippen LogP contribution in [0.15, 0.2) is 24.3 Å². The second-order valence-corrected chi connectivity index (χ2v) is 7.51. The molecule has 1 aromatic rings. The smallest absolute Gasteiger partial charge is 0.227 e. The summed E-state index contributed by atoms with van der Waals surface area (Å²) in [5, 5.41) is 3.04. The van der Waals surface area contributed by atoms with Crippen LogP contribution in [0.1, 0.15) is 52.0 Å². The summed E-state index contributed by atoms with van der Waals surface area (Å²) in [5.41, 5.74) is 2.25. The van der Waals surface area contributed by atoms with E-state index in [1.807, 2.05) is 24.3 Å². The lowest BCUT2D eigenvalue weighted by Gasteiger charge is -2.36. The molecule has 0 unspecified atom stereocenters. The first-order valence-electron chi connectivity index (χ1n) is 7.86. The van der Waals surface area contributed by atoms with Crippen molar-refractivity contribution in [3.05, 3.63) is 29.8 Å². The van der Waals surface area contributed by atoms with Crippen LogP contribution in [0.2, 0.25) is 0 Å². The van der Waals surface area contributed by atoms with Gasteiger partial charge in [0.1, 0.15) is 0 Å². The minimum atomic E-state index is 0.156. The number of carbonyl (C=O) groups is 1. The lowest BCUT2D eigenvalue weighted by molar-refractivity contribution is -0.121. The molecule has 0 aromatic heterocycles. The monoisotopic (exact) mass is 307 g/mol. The van der Waals surface area contributed by atoms with Gasteiger partial charge >= 0.3 is 0 Å². The Bertz CT molecular complexity index is 484. The molecule has 1 amide bonds. The van der Waals surface area contributed by atoms with E-state index in [0.717, 1.165) is 42.9 Å². The molecule has 0 heterocycles. The fourth-order valence-electron chi connectivity index (χ4n) is 3.20. The molecule has 0 saturated heterocycles. The number of amides is 1. The minimum Gasteiger partial charge on any atom is -0.326 e. The Labute approximate surface area is 133 Å². The zero-order valence-electron chi connectivity index (χ0n) is 13.3. The van der Waals surface area contributed by atoms with Gasteiger partial charge in [0.2, 0.25) is 5.91 Å². The van der Waals surface area contributed by atoms with Crippen LogP contribution >= 0.6 is 11.6 Å². The SMILES string of the molecule is CC(C)(C)C1CCC(C(=O)Nc2cccc(CCl)c2)CC1. The van der Waals surface area contributed by atoms with Gasteiger partial charge < -0.3 is 5.32 Å². The van der Waals surface area contributed by atoms with Gasteiger partial charge in [0.25, 0.3) is 0 Å². The van der Waals surface area contributed by atoms with Crippen molar-refractivity contribution >= 4 is 23.2 Å². The third kappa shape index (κ3) is 4.47. The van der Waals surface area contributed by atoms with Crippen molar-refractivity contribution in [2.75, 3.05) is 5.32 Å². The van der Waals surface area contributed by atoms with Crippen molar-refractivity contribution in [3.8, 4) is 0 Å². The van der Waals surface area contributed by atoms with Gasteiger partial charge in [0.15, 0.2) is 0 Å². The van der Waals surface area contributed by atoms with E-state index in [9.17, 15) is 4.79 Å². The number of nitrogens with one attached hydrogen (secondary N) is 1. The van der Waals surface area contributed by atoms with E-state index in [-0.39, 0.29) is 11.8 Å². The predicted octanol–water partition coefficient (Wildman–Crippen LogP) is 5.22. The molecular weight excluding hydrogens is 282 g/mol. The van der Waals surface area contributed by atoms with Crippen molar-refractivity contribution in [2.45, 2.75) is 52.3 Å². The fourth-order valence-corrected chi connectivity index (χ4v) is 3.36. The average Bonchev–Trinajstić information content (AvgIpc) is 2.46. The third-order valence-electron chi connectivity index (χ3n) is 4.67. The highest BCUT2D eigenvalue weighted by molar-refractivity contribution is 6.17. The van der Waals surface area contributed by atoms with Crippen LogP contribution in [0.4, 0.5) is 5.69 Å². The van der Waals surface area contributed by atoms with Gasteiger partial charge in [-0.2, -0.15) is 0 Å². The summed E-state index contributed by atoms with van der Waals surface area (Å²) in [6, 6.07) is 7.78. The molecule has 21 heavy (non-hydrogen) atoms. The summed E-state index contributed by atoms with van der Waals surface area (Å²) in [6.45, 7) is 6.90. The van der Waals surface area contributed by atoms with Crippen molar-refractivity contribution in [1.82, 2.24) is 0 Å². The molecule has 2 rings (SSSR count). The lowest BCUT2D eigenvalue weighted by Crippen LogP contribution is -2.31. The molecular formula is C18H26ClNO. The molecule has 116 valence electrons. The Morgan fingerprint density at radius 2 is 1.90 bits per heavy atom. The lowest BCUT2D eigenvalue weighted by atomic mass is 9.69. The van der Waals surface area contributed by atoms with Crippen molar-refractivity contribution in [3.63, 3.8) is 0 Å². The quantitative estimate of drug-likeness (QED) is 0.762. The second kappa shape index (κ2) is 6.83. The van der Waals surface area contributed by atoms with Gasteiger partial charge in [-0.25, -0.2) is 0 Å². The molecule has 0 aliphatic heterocycles. The Balaban J connectivity index is 1.90. The topological polar surface area (TPSA) is 29.1 Å². The van der Waals surface area contributed by atoms with Gasteiger partial charge in [-0.15, -0.1) is 11.6 Å². The fraction of sp³-hybridized carbons (Fsp3) is 0.611. The molecule has 1 N–H and O–H groups in total. The van der Waals surface area contributed by atoms with E-state index >= 15 is 0 Å². The number of hydrogen-bond acceptors (Lipinski definition) is 1. The number of halogens is 1. The van der Waals surface area contributed by atoms with Gasteiger partial charge in [-0.3, -0.25) is 4.79 Å². The van der Waals surface area contributed by atoms with Crippen LogP contribution < -0.4 is 5.32 Å². The zero-order valence-corrected chi connectivity index (χ0v) is 14.0. The maximum Gasteiger partial charge on any atom is 0.227 e. The number of carbonyl (C=O) groups excluding carboxylic acids is 1. The summed E-state index contributed by atoms with van der Waals surface area (Å²) in [4.78, 5) is 12.4. The Morgan fingerprint density at radius 3 is 2.48 bits per heavy atom. The van der Waals surface area contributed by atoms with Gasteiger partial charge in [0, 0.05) is 17.5 Å². The summed E-state index contributed by atoms with van der Waals surface area (Å²) in [7, 11) is 0. The number of hydrogen-bond donors (Lipinski definition) is 1. The number of rotatable bonds is 3. The molecule has 0 radical (unpaired) electrons. The third-order valence-corrected chi connectivity index (χ3v) is 4.98. The van der Waals surface area contributed by atoms with Crippen LogP contribution in [-0.2, 0) is 10.7 Å². The average molecular weight is 308 g/mol. The molecule has 2 nitrogen and oxygen atoms in total. The van der Waals surface area contributed by atoms with Crippen LogP contribution in [0, 0.1) is 17.3 Å². The molecule has 1 saturated carbocycles. The largest absolute Gasteiger partial charge is 0.326 e. The molecule has 0 spiro atoms. The molecule has 1 aliphatic rings. The first-order chi connectivity index (χ1) is 9.90. The Hall–Kier alpha value is -1.02. The Morgan fingerprint density at radius 1 is 1.24 bits per heavy atom. The molecule has 0 bridgehead atoms. The first-order valence-corrected chi connectivity index (χ1v) is 8.39. The second-order valence-electron chi connectivity index (χ2n) is 7.24. The van der Waals surface area contributed by atoms with Gasteiger partial charge in [0.05, 0.1) is 0 Å². The van der Waals surface area contributed by atoms with Crippen LogP contribution in [0.5, 0.6) is 0 Å². The van der Waals surface area contributed by atoms with Crippen LogP contribution in [0.3, 0.4) is 0 Å². The highest BCUT2D eigenvalue weighted by atomic mass is 35.5. The van der Waals surface area contributed by atoms with Gasteiger partial charge in [-0.1, -0.05) is 32.9 Å². The first kappa shape index (κ1) is 16.4. The van der Waals surface area contributed by atoms with E-state index in [1.165, 1.54) is 0 Å². The number of anilines is 1.